The Balaban J connectivity index is 0.000000252. The maximum absolute atomic E-state index is 3.99. The highest BCUT2D eigenvalue weighted by Gasteiger charge is 2.18. The Bertz CT molecular complexity index is 1830. The summed E-state index contributed by atoms with van der Waals surface area (Å²) in [5.74, 6) is 0. The lowest BCUT2D eigenvalue weighted by Crippen LogP contribution is -2.17. The third-order valence-electron chi connectivity index (χ3n) is 7.82. The smallest absolute Gasteiger partial charge is 0.0536 e. The van der Waals surface area contributed by atoms with Gasteiger partial charge < -0.3 is 9.80 Å². The average molecular weight is 657 g/mol. The van der Waals surface area contributed by atoms with Gasteiger partial charge in [-0.25, -0.2) is 0 Å². The Hall–Kier alpha value is -5.86. The first kappa shape index (κ1) is 38.6. The summed E-state index contributed by atoms with van der Waals surface area (Å²) < 4.78 is 0. The van der Waals surface area contributed by atoms with Gasteiger partial charge in [-0.15, -0.1) is 6.58 Å². The van der Waals surface area contributed by atoms with E-state index in [1.54, 1.807) is 6.08 Å². The molecule has 0 atom stereocenters. The minimum absolute atomic E-state index is 1.04. The predicted octanol–water partition coefficient (Wildman–Crippen LogP) is 14.0. The normalized spacial score (nSPS) is 12.4. The van der Waals surface area contributed by atoms with Crippen molar-refractivity contribution in [1.82, 2.24) is 0 Å². The zero-order valence-electron chi connectivity index (χ0n) is 30.3. The lowest BCUT2D eigenvalue weighted by Gasteiger charge is -2.29. The minimum atomic E-state index is 1.04. The van der Waals surface area contributed by atoms with Crippen molar-refractivity contribution < 1.29 is 0 Å². The van der Waals surface area contributed by atoms with Crippen LogP contribution < -0.4 is 9.80 Å². The molecule has 1 aliphatic rings. The molecule has 2 nitrogen and oxygen atoms in total. The number of para-hydroxylation sites is 2. The Labute approximate surface area is 302 Å². The molecule has 0 aromatic heterocycles. The first-order valence-electron chi connectivity index (χ1n) is 17.2. The maximum Gasteiger partial charge on any atom is 0.0536 e. The van der Waals surface area contributed by atoms with Crippen LogP contribution in [0.3, 0.4) is 0 Å². The summed E-state index contributed by atoms with van der Waals surface area (Å²) in [5, 5.41) is 0. The van der Waals surface area contributed by atoms with E-state index in [-0.39, 0.29) is 0 Å². The molecule has 0 saturated heterocycles. The van der Waals surface area contributed by atoms with E-state index < -0.39 is 0 Å². The zero-order chi connectivity index (χ0) is 36.1. The van der Waals surface area contributed by atoms with E-state index in [0.717, 1.165) is 46.9 Å². The highest BCUT2D eigenvalue weighted by molar-refractivity contribution is 5.80. The SMILES string of the molecule is C=C/C(=C\C)N(c1ccccc1)c1cccc2c1C=CCC2.C=C/C=C(\C=C/C)C(=C\C=C)/N(c1ccccc1)c1ccc(C)cc1.C=CC. The molecule has 2 heteroatoms. The Morgan fingerprint density at radius 2 is 1.24 bits per heavy atom. The Morgan fingerprint density at radius 1 is 0.660 bits per heavy atom. The van der Waals surface area contributed by atoms with Crippen LogP contribution in [0, 0.1) is 6.92 Å². The summed E-state index contributed by atoms with van der Waals surface area (Å²) >= 11 is 0. The number of nitrogens with zero attached hydrogens (tertiary/aromatic N) is 2. The molecule has 0 N–H and O–H groups in total. The van der Waals surface area contributed by atoms with E-state index in [1.165, 1.54) is 22.4 Å². The van der Waals surface area contributed by atoms with Gasteiger partial charge in [-0.3, -0.25) is 0 Å². The second-order valence-corrected chi connectivity index (χ2v) is 11.4. The van der Waals surface area contributed by atoms with Gasteiger partial charge in [0.15, 0.2) is 0 Å². The van der Waals surface area contributed by atoms with Gasteiger partial charge >= 0.3 is 0 Å². The van der Waals surface area contributed by atoms with Gasteiger partial charge in [-0.2, -0.15) is 0 Å². The van der Waals surface area contributed by atoms with Gasteiger partial charge in [0, 0.05) is 28.3 Å². The molecule has 0 radical (unpaired) electrons. The predicted molar refractivity (Wildman–Crippen MR) is 223 cm³/mol. The van der Waals surface area contributed by atoms with Crippen molar-refractivity contribution in [3.8, 4) is 0 Å². The molecule has 0 spiro atoms. The topological polar surface area (TPSA) is 6.48 Å². The molecule has 0 saturated carbocycles. The fourth-order valence-corrected chi connectivity index (χ4v) is 5.63. The van der Waals surface area contributed by atoms with Crippen LogP contribution >= 0.6 is 0 Å². The molecule has 4 aromatic carbocycles. The van der Waals surface area contributed by atoms with Crippen molar-refractivity contribution in [2.75, 3.05) is 9.80 Å². The van der Waals surface area contributed by atoms with Crippen LogP contribution in [0.25, 0.3) is 6.08 Å². The molecule has 1 aliphatic carbocycles. The summed E-state index contributed by atoms with van der Waals surface area (Å²) in [6.45, 7) is 23.2. The molecule has 0 bridgehead atoms. The van der Waals surface area contributed by atoms with Crippen molar-refractivity contribution in [3.05, 3.63) is 224 Å². The highest BCUT2D eigenvalue weighted by atomic mass is 15.2. The molecule has 50 heavy (non-hydrogen) atoms. The van der Waals surface area contributed by atoms with Crippen LogP contribution in [0.2, 0.25) is 0 Å². The molecular formula is C48H52N2. The Morgan fingerprint density at radius 3 is 1.78 bits per heavy atom. The molecule has 0 aliphatic heterocycles. The van der Waals surface area contributed by atoms with Crippen molar-refractivity contribution >= 4 is 28.8 Å². The molecule has 0 fully saturated rings. The molecule has 0 unspecified atom stereocenters. The van der Waals surface area contributed by atoms with Gasteiger partial charge in [0.05, 0.1) is 11.4 Å². The third-order valence-corrected chi connectivity index (χ3v) is 7.82. The summed E-state index contributed by atoms with van der Waals surface area (Å²) in [6.07, 6.45) is 24.3. The molecule has 254 valence electrons. The molecule has 0 amide bonds. The third kappa shape index (κ3) is 10.6. The van der Waals surface area contributed by atoms with Crippen LogP contribution in [-0.4, -0.2) is 0 Å². The number of allylic oxidation sites excluding steroid dienone is 10. The van der Waals surface area contributed by atoms with Crippen LogP contribution in [0.4, 0.5) is 22.7 Å². The number of hydrogen-bond donors (Lipinski definition) is 0. The highest BCUT2D eigenvalue weighted by Crippen LogP contribution is 2.37. The van der Waals surface area contributed by atoms with E-state index in [1.807, 2.05) is 62.4 Å². The molecule has 0 heterocycles. The summed E-state index contributed by atoms with van der Waals surface area (Å²) in [4.78, 5) is 4.51. The van der Waals surface area contributed by atoms with Gasteiger partial charge in [0.25, 0.3) is 0 Å². The van der Waals surface area contributed by atoms with Crippen molar-refractivity contribution in [1.29, 1.82) is 0 Å². The van der Waals surface area contributed by atoms with Gasteiger partial charge in [0.1, 0.15) is 0 Å². The maximum atomic E-state index is 3.99. The molecule has 4 aromatic rings. The summed E-state index contributed by atoms with van der Waals surface area (Å²) in [5.41, 5.74) is 11.8. The standard InChI is InChI=1S/C24H25N.C21H21N.C3H6/c1-5-11-21(12-6-2)24(13-7-3)25(22-14-9-8-10-15-22)23-18-16-20(4)17-19-23;1-3-18(4-2)22(19-13-6-5-7-14-19)21-16-10-12-17-11-8-9-15-20(17)21;1-3-2/h5-19H,1,3H2,2,4H3;3-7,9-10,12-16H,1,8,11H2,2H3;3H,1H2,2H3/b12-6-,21-11+,24-13+;18-4+;. The fraction of sp³-hybridized carbons (Fsp3) is 0.125. The Kier molecular flexibility index (Phi) is 16.3. The number of rotatable bonds is 11. The summed E-state index contributed by atoms with van der Waals surface area (Å²) in [6, 6.07) is 35.9. The molecule has 5 rings (SSSR count). The first-order valence-corrected chi connectivity index (χ1v) is 17.2. The van der Waals surface area contributed by atoms with Crippen molar-refractivity contribution in [2.45, 2.75) is 40.5 Å². The number of hydrogen-bond acceptors (Lipinski definition) is 2. The first-order chi connectivity index (χ1) is 24.5. The minimum Gasteiger partial charge on any atom is -0.310 e. The quantitative estimate of drug-likeness (QED) is 0.117. The van der Waals surface area contributed by atoms with Gasteiger partial charge in [-0.05, 0) is 106 Å². The van der Waals surface area contributed by atoms with Crippen molar-refractivity contribution in [3.63, 3.8) is 0 Å². The van der Waals surface area contributed by atoms with Gasteiger partial charge in [0.2, 0.25) is 0 Å². The summed E-state index contributed by atoms with van der Waals surface area (Å²) in [7, 11) is 0. The van der Waals surface area contributed by atoms with Crippen LogP contribution in [0.5, 0.6) is 0 Å². The number of benzene rings is 4. The average Bonchev–Trinajstić information content (AvgIpc) is 3.15. The monoisotopic (exact) mass is 656 g/mol. The largest absolute Gasteiger partial charge is 0.310 e. The van der Waals surface area contributed by atoms with E-state index in [4.69, 9.17) is 0 Å². The number of anilines is 4. The lowest BCUT2D eigenvalue weighted by molar-refractivity contribution is 0.982. The van der Waals surface area contributed by atoms with E-state index in [2.05, 4.69) is 165 Å². The zero-order valence-corrected chi connectivity index (χ0v) is 30.3. The molecular weight excluding hydrogens is 605 g/mol. The van der Waals surface area contributed by atoms with Crippen LogP contribution in [0.1, 0.15) is 43.9 Å². The lowest BCUT2D eigenvalue weighted by atomic mass is 9.95. The van der Waals surface area contributed by atoms with Crippen LogP contribution in [0.15, 0.2) is 207 Å². The van der Waals surface area contributed by atoms with E-state index in [9.17, 15) is 0 Å². The van der Waals surface area contributed by atoms with E-state index >= 15 is 0 Å². The van der Waals surface area contributed by atoms with Crippen molar-refractivity contribution in [2.24, 2.45) is 0 Å². The number of fused-ring (bicyclic) bond motifs is 1. The van der Waals surface area contributed by atoms with Crippen LogP contribution in [-0.2, 0) is 6.42 Å². The number of aryl methyl sites for hydroxylation is 2. The van der Waals surface area contributed by atoms with Gasteiger partial charge in [-0.1, -0.05) is 141 Å². The van der Waals surface area contributed by atoms with E-state index in [0.29, 0.717) is 0 Å². The fourth-order valence-electron chi connectivity index (χ4n) is 5.63. The second-order valence-electron chi connectivity index (χ2n) is 11.4. The second kappa shape index (κ2) is 21.2.